The minimum atomic E-state index is -0.903. The van der Waals surface area contributed by atoms with Gasteiger partial charge in [-0.1, -0.05) is 30.7 Å². The molecule has 0 aliphatic carbocycles. The molecular formula is C17H23NO2. The zero-order valence-corrected chi connectivity index (χ0v) is 12.2. The summed E-state index contributed by atoms with van der Waals surface area (Å²) in [6, 6.07) is 9.23. The van der Waals surface area contributed by atoms with Crippen molar-refractivity contribution in [2.45, 2.75) is 51.7 Å². The number of rotatable bonds is 4. The molecule has 2 atom stereocenters. The number of carboxylic acid groups (broad SMARTS) is 1. The number of carbonyl (C=O) groups is 1. The minimum absolute atomic E-state index is 0.593. The zero-order chi connectivity index (χ0) is 14.5. The van der Waals surface area contributed by atoms with E-state index in [1.165, 1.54) is 30.9 Å². The van der Waals surface area contributed by atoms with Gasteiger partial charge in [-0.15, -0.1) is 0 Å². The van der Waals surface area contributed by atoms with Crippen LogP contribution in [0.3, 0.4) is 0 Å². The van der Waals surface area contributed by atoms with E-state index in [0.717, 1.165) is 12.1 Å². The number of carboxylic acids is 1. The van der Waals surface area contributed by atoms with E-state index in [-0.39, 0.29) is 0 Å². The van der Waals surface area contributed by atoms with Gasteiger partial charge in [0.05, 0.1) is 0 Å². The molecule has 1 aromatic rings. The van der Waals surface area contributed by atoms with E-state index < -0.39 is 5.97 Å². The van der Waals surface area contributed by atoms with Crippen molar-refractivity contribution in [1.29, 1.82) is 0 Å². The molecule has 2 rings (SSSR count). The Hall–Kier alpha value is -1.61. The molecule has 0 unspecified atom stereocenters. The SMILES string of the molecule is C[C@@H]1CCC[C@H](C)N1Cc1ccccc1/C=C/C(=O)O. The molecule has 1 saturated heterocycles. The van der Waals surface area contributed by atoms with Gasteiger partial charge in [-0.05, 0) is 43.9 Å². The van der Waals surface area contributed by atoms with Crippen LogP contribution in [0, 0.1) is 0 Å². The van der Waals surface area contributed by atoms with Gasteiger partial charge >= 0.3 is 5.97 Å². The van der Waals surface area contributed by atoms with Crippen molar-refractivity contribution < 1.29 is 9.90 Å². The second kappa shape index (κ2) is 6.71. The summed E-state index contributed by atoms with van der Waals surface area (Å²) in [6.45, 7) is 5.46. The Morgan fingerprint density at radius 3 is 2.60 bits per heavy atom. The fourth-order valence-electron chi connectivity index (χ4n) is 2.98. The molecule has 108 valence electrons. The fourth-order valence-corrected chi connectivity index (χ4v) is 2.98. The summed E-state index contributed by atoms with van der Waals surface area (Å²) in [6.07, 6.45) is 6.70. The average molecular weight is 273 g/mol. The fraction of sp³-hybridized carbons (Fsp3) is 0.471. The summed E-state index contributed by atoms with van der Waals surface area (Å²) in [7, 11) is 0. The van der Waals surface area contributed by atoms with E-state index >= 15 is 0 Å². The van der Waals surface area contributed by atoms with Gasteiger partial charge in [-0.3, -0.25) is 4.90 Å². The van der Waals surface area contributed by atoms with Crippen molar-refractivity contribution in [1.82, 2.24) is 4.90 Å². The van der Waals surface area contributed by atoms with Gasteiger partial charge in [-0.25, -0.2) is 4.79 Å². The molecule has 0 saturated carbocycles. The monoisotopic (exact) mass is 273 g/mol. The molecule has 0 bridgehead atoms. The third-order valence-corrected chi connectivity index (χ3v) is 4.19. The lowest BCUT2D eigenvalue weighted by Gasteiger charge is -2.39. The first-order valence-corrected chi connectivity index (χ1v) is 7.32. The van der Waals surface area contributed by atoms with Gasteiger partial charge in [0.2, 0.25) is 0 Å². The Morgan fingerprint density at radius 2 is 1.95 bits per heavy atom. The van der Waals surface area contributed by atoms with Gasteiger partial charge in [0.25, 0.3) is 0 Å². The van der Waals surface area contributed by atoms with Crippen molar-refractivity contribution >= 4 is 12.0 Å². The Bertz CT molecular complexity index is 486. The van der Waals surface area contributed by atoms with Crippen LogP contribution >= 0.6 is 0 Å². The van der Waals surface area contributed by atoms with Gasteiger partial charge in [0, 0.05) is 24.7 Å². The van der Waals surface area contributed by atoms with Gasteiger partial charge in [-0.2, -0.15) is 0 Å². The normalized spacial score (nSPS) is 24.1. The smallest absolute Gasteiger partial charge is 0.328 e. The van der Waals surface area contributed by atoms with Crippen LogP contribution in [0.4, 0.5) is 0 Å². The van der Waals surface area contributed by atoms with Crippen molar-refractivity contribution in [3.05, 3.63) is 41.5 Å². The minimum Gasteiger partial charge on any atom is -0.478 e. The molecule has 0 amide bonds. The number of benzene rings is 1. The van der Waals surface area contributed by atoms with Crippen molar-refractivity contribution in [3.63, 3.8) is 0 Å². The number of likely N-dealkylation sites (tertiary alicyclic amines) is 1. The maximum absolute atomic E-state index is 10.7. The van der Waals surface area contributed by atoms with E-state index in [0.29, 0.717) is 12.1 Å². The largest absolute Gasteiger partial charge is 0.478 e. The molecule has 3 nitrogen and oxygen atoms in total. The van der Waals surface area contributed by atoms with Crippen molar-refractivity contribution in [2.24, 2.45) is 0 Å². The van der Waals surface area contributed by atoms with Crippen LogP contribution in [0.15, 0.2) is 30.3 Å². The first-order chi connectivity index (χ1) is 9.58. The Balaban J connectivity index is 2.18. The summed E-state index contributed by atoms with van der Waals surface area (Å²) >= 11 is 0. The van der Waals surface area contributed by atoms with Crippen LogP contribution < -0.4 is 0 Å². The second-order valence-corrected chi connectivity index (χ2v) is 5.67. The Morgan fingerprint density at radius 1 is 1.30 bits per heavy atom. The van der Waals surface area contributed by atoms with Crippen molar-refractivity contribution in [3.8, 4) is 0 Å². The molecule has 0 radical (unpaired) electrons. The molecule has 3 heteroatoms. The highest BCUT2D eigenvalue weighted by atomic mass is 16.4. The van der Waals surface area contributed by atoms with Gasteiger partial charge < -0.3 is 5.11 Å². The highest BCUT2D eigenvalue weighted by molar-refractivity contribution is 5.85. The summed E-state index contributed by atoms with van der Waals surface area (Å²) in [5.74, 6) is -0.903. The average Bonchev–Trinajstić information content (AvgIpc) is 2.42. The maximum Gasteiger partial charge on any atom is 0.328 e. The second-order valence-electron chi connectivity index (χ2n) is 5.67. The van der Waals surface area contributed by atoms with Gasteiger partial charge in [0.1, 0.15) is 0 Å². The van der Waals surface area contributed by atoms with E-state index in [4.69, 9.17) is 5.11 Å². The van der Waals surface area contributed by atoms with Crippen LogP contribution in [-0.4, -0.2) is 28.1 Å². The molecule has 0 aromatic heterocycles. The van der Waals surface area contributed by atoms with Crippen LogP contribution in [0.1, 0.15) is 44.2 Å². The first-order valence-electron chi connectivity index (χ1n) is 7.32. The molecule has 1 aliphatic heterocycles. The number of piperidine rings is 1. The highest BCUT2D eigenvalue weighted by Gasteiger charge is 2.24. The number of aliphatic carboxylic acids is 1. The van der Waals surface area contributed by atoms with Crippen LogP contribution in [0.2, 0.25) is 0 Å². The van der Waals surface area contributed by atoms with Crippen molar-refractivity contribution in [2.75, 3.05) is 0 Å². The maximum atomic E-state index is 10.7. The Kier molecular flexibility index (Phi) is 4.96. The number of nitrogens with zero attached hydrogens (tertiary/aromatic N) is 1. The lowest BCUT2D eigenvalue weighted by molar-refractivity contribution is -0.131. The lowest BCUT2D eigenvalue weighted by Crippen LogP contribution is -2.43. The summed E-state index contributed by atoms with van der Waals surface area (Å²) in [5.41, 5.74) is 2.20. The summed E-state index contributed by atoms with van der Waals surface area (Å²) < 4.78 is 0. The third kappa shape index (κ3) is 3.70. The highest BCUT2D eigenvalue weighted by Crippen LogP contribution is 2.25. The summed E-state index contributed by atoms with van der Waals surface area (Å²) in [4.78, 5) is 13.2. The van der Waals surface area contributed by atoms with E-state index in [2.05, 4.69) is 24.8 Å². The third-order valence-electron chi connectivity index (χ3n) is 4.19. The summed E-state index contributed by atoms with van der Waals surface area (Å²) in [5, 5.41) is 8.77. The van der Waals surface area contributed by atoms with Crippen LogP contribution in [0.5, 0.6) is 0 Å². The lowest BCUT2D eigenvalue weighted by atomic mass is 9.96. The van der Waals surface area contributed by atoms with Crippen LogP contribution in [-0.2, 0) is 11.3 Å². The molecule has 1 N–H and O–H groups in total. The van der Waals surface area contributed by atoms with E-state index in [1.54, 1.807) is 6.08 Å². The standard InChI is InChI=1S/C17H23NO2/c1-13-6-5-7-14(2)18(13)12-16-9-4-3-8-15(16)10-11-17(19)20/h3-4,8-11,13-14H,5-7,12H2,1-2H3,(H,19,20)/b11-10+/t13-,14+. The molecule has 1 aromatic carbocycles. The molecule has 20 heavy (non-hydrogen) atoms. The van der Waals surface area contributed by atoms with E-state index in [1.807, 2.05) is 18.2 Å². The molecule has 1 aliphatic rings. The quantitative estimate of drug-likeness (QED) is 0.853. The number of hydrogen-bond donors (Lipinski definition) is 1. The molecule has 1 heterocycles. The first kappa shape index (κ1) is 14.8. The predicted octanol–water partition coefficient (Wildman–Crippen LogP) is 3.55. The Labute approximate surface area is 120 Å². The molecular weight excluding hydrogens is 250 g/mol. The van der Waals surface area contributed by atoms with E-state index in [9.17, 15) is 4.79 Å². The molecule has 1 fully saturated rings. The number of hydrogen-bond acceptors (Lipinski definition) is 2. The van der Waals surface area contributed by atoms with Gasteiger partial charge in [0.15, 0.2) is 0 Å². The molecule has 0 spiro atoms. The topological polar surface area (TPSA) is 40.5 Å². The van der Waals surface area contributed by atoms with Crippen LogP contribution in [0.25, 0.3) is 6.08 Å². The predicted molar refractivity (Wildman–Crippen MR) is 81.4 cm³/mol. The zero-order valence-electron chi connectivity index (χ0n) is 12.2.